The van der Waals surface area contributed by atoms with Crippen LogP contribution in [-0.2, 0) is 4.79 Å². The Kier molecular flexibility index (Phi) is 4.21. The molecule has 2 nitrogen and oxygen atoms in total. The minimum atomic E-state index is 0.0626. The monoisotopic (exact) mass is 191 g/mol. The lowest BCUT2D eigenvalue weighted by atomic mass is 10.2. The number of hydrogen-bond acceptors (Lipinski definition) is 1. The molecule has 0 atom stereocenters. The van der Waals surface area contributed by atoms with Gasteiger partial charge in [0.1, 0.15) is 0 Å². The van der Waals surface area contributed by atoms with Crippen molar-refractivity contribution in [2.24, 2.45) is 0 Å². The molecule has 2 heteroatoms. The lowest BCUT2D eigenvalue weighted by Gasteiger charge is -2.15. The summed E-state index contributed by atoms with van der Waals surface area (Å²) in [5.74, 6) is 0.0626. The lowest BCUT2D eigenvalue weighted by Crippen LogP contribution is -2.24. The van der Waals surface area contributed by atoms with E-state index >= 15 is 0 Å². The highest BCUT2D eigenvalue weighted by molar-refractivity contribution is 5.93. The Labute approximate surface area is 85.6 Å². The zero-order chi connectivity index (χ0) is 10.4. The molecule has 0 spiro atoms. The molecule has 1 aliphatic heterocycles. The van der Waals surface area contributed by atoms with Crippen molar-refractivity contribution in [3.8, 4) is 0 Å². The number of rotatable bonds is 5. The second-order valence-corrected chi connectivity index (χ2v) is 3.45. The molecule has 0 unspecified atom stereocenters. The van der Waals surface area contributed by atoms with Gasteiger partial charge >= 0.3 is 0 Å². The van der Waals surface area contributed by atoms with Crippen LogP contribution in [0.4, 0.5) is 0 Å². The van der Waals surface area contributed by atoms with Crippen LogP contribution < -0.4 is 0 Å². The average molecular weight is 191 g/mol. The molecule has 1 aliphatic rings. The summed E-state index contributed by atoms with van der Waals surface area (Å²) in [6.45, 7) is 6.54. The molecule has 0 aliphatic carbocycles. The molecule has 0 radical (unpaired) electrons. The number of amides is 1. The zero-order valence-electron chi connectivity index (χ0n) is 8.75. The fraction of sp³-hybridized carbons (Fsp3) is 0.500. The highest BCUT2D eigenvalue weighted by Crippen LogP contribution is 2.14. The van der Waals surface area contributed by atoms with Crippen LogP contribution in [0, 0.1) is 0 Å². The molecule has 14 heavy (non-hydrogen) atoms. The van der Waals surface area contributed by atoms with Crippen LogP contribution in [-0.4, -0.2) is 17.4 Å². The third kappa shape index (κ3) is 2.61. The molecule has 1 amide bonds. The molecule has 1 heterocycles. The lowest BCUT2D eigenvalue weighted by molar-refractivity contribution is -0.123. The van der Waals surface area contributed by atoms with Crippen molar-refractivity contribution < 1.29 is 4.79 Å². The van der Waals surface area contributed by atoms with Gasteiger partial charge < -0.3 is 4.90 Å². The van der Waals surface area contributed by atoms with Gasteiger partial charge in [0.2, 0.25) is 0 Å². The predicted octanol–water partition coefficient (Wildman–Crippen LogP) is 2.63. The smallest absolute Gasteiger partial charge is 0.251 e. The number of nitrogens with zero attached hydrogens (tertiary/aromatic N) is 1. The Bertz CT molecular complexity index is 285. The molecule has 0 saturated heterocycles. The summed E-state index contributed by atoms with van der Waals surface area (Å²) in [5.41, 5.74) is 3.58. The van der Waals surface area contributed by atoms with Gasteiger partial charge in [0.15, 0.2) is 0 Å². The molecular weight excluding hydrogens is 174 g/mol. The zero-order valence-corrected chi connectivity index (χ0v) is 8.75. The molecule has 0 N–H and O–H groups in total. The maximum absolute atomic E-state index is 11.4. The largest absolute Gasteiger partial charge is 0.302 e. The van der Waals surface area contributed by atoms with E-state index in [0.717, 1.165) is 18.7 Å². The Morgan fingerprint density at radius 1 is 1.36 bits per heavy atom. The summed E-state index contributed by atoms with van der Waals surface area (Å²) in [6, 6.07) is 0. The van der Waals surface area contributed by atoms with E-state index in [1.165, 1.54) is 19.3 Å². The van der Waals surface area contributed by atoms with Gasteiger partial charge in [-0.2, -0.15) is 0 Å². The van der Waals surface area contributed by atoms with Crippen molar-refractivity contribution in [1.29, 1.82) is 0 Å². The number of carbonyl (C=O) groups excluding carboxylic acids is 1. The van der Waals surface area contributed by atoms with Crippen molar-refractivity contribution in [3.05, 3.63) is 30.2 Å². The summed E-state index contributed by atoms with van der Waals surface area (Å²) in [5, 5.41) is 0. The van der Waals surface area contributed by atoms with Crippen molar-refractivity contribution >= 4 is 5.91 Å². The van der Waals surface area contributed by atoms with E-state index in [4.69, 9.17) is 0 Å². The van der Waals surface area contributed by atoms with Crippen LogP contribution in [0.3, 0.4) is 0 Å². The minimum Gasteiger partial charge on any atom is -0.302 e. The van der Waals surface area contributed by atoms with Gasteiger partial charge in [-0.25, -0.2) is 0 Å². The third-order valence-corrected chi connectivity index (χ3v) is 2.36. The first-order chi connectivity index (χ1) is 6.79. The van der Waals surface area contributed by atoms with Gasteiger partial charge in [0, 0.05) is 12.6 Å². The quantitative estimate of drug-likeness (QED) is 0.483. The predicted molar refractivity (Wildman–Crippen MR) is 57.6 cm³/mol. The van der Waals surface area contributed by atoms with Gasteiger partial charge in [-0.3, -0.25) is 4.79 Å². The Hall–Kier alpha value is -1.27. The SMILES string of the molecule is C=C=C1C=CC(=O)N1CCCCCC. The standard InChI is InChI=1S/C12H17NO/c1-3-5-6-7-10-13-11(4-2)8-9-12(13)14/h8-9H,2-3,5-7,10H2,1H3. The van der Waals surface area contributed by atoms with Crippen molar-refractivity contribution in [1.82, 2.24) is 4.90 Å². The number of hydrogen-bond donors (Lipinski definition) is 0. The molecule has 0 bridgehead atoms. The summed E-state index contributed by atoms with van der Waals surface area (Å²) in [7, 11) is 0. The van der Waals surface area contributed by atoms with E-state index in [1.807, 2.05) is 0 Å². The number of carbonyl (C=O) groups is 1. The third-order valence-electron chi connectivity index (χ3n) is 2.36. The summed E-state index contributed by atoms with van der Waals surface area (Å²) < 4.78 is 0. The summed E-state index contributed by atoms with van der Waals surface area (Å²) in [6.07, 6.45) is 8.05. The van der Waals surface area contributed by atoms with Gasteiger partial charge in [-0.15, -0.1) is 5.73 Å². The average Bonchev–Trinajstić information content (AvgIpc) is 2.55. The normalized spacial score (nSPS) is 15.1. The first-order valence-electron chi connectivity index (χ1n) is 5.19. The minimum absolute atomic E-state index is 0.0626. The van der Waals surface area contributed by atoms with E-state index in [9.17, 15) is 4.79 Å². The van der Waals surface area contributed by atoms with Crippen LogP contribution in [0.2, 0.25) is 0 Å². The van der Waals surface area contributed by atoms with Crippen molar-refractivity contribution in [2.45, 2.75) is 32.6 Å². The molecule has 1 rings (SSSR count). The van der Waals surface area contributed by atoms with Gasteiger partial charge in [-0.05, 0) is 12.5 Å². The molecule has 0 saturated carbocycles. The van der Waals surface area contributed by atoms with Gasteiger partial charge in [0.25, 0.3) is 5.91 Å². The number of unbranched alkanes of at least 4 members (excludes halogenated alkanes) is 3. The molecule has 0 aromatic carbocycles. The van der Waals surface area contributed by atoms with E-state index in [2.05, 4.69) is 19.2 Å². The van der Waals surface area contributed by atoms with Crippen LogP contribution in [0.25, 0.3) is 0 Å². The molecular formula is C12H17NO. The second-order valence-electron chi connectivity index (χ2n) is 3.45. The molecule has 0 aromatic rings. The van der Waals surface area contributed by atoms with E-state index in [1.54, 1.807) is 17.1 Å². The maximum Gasteiger partial charge on any atom is 0.251 e. The topological polar surface area (TPSA) is 20.3 Å². The highest BCUT2D eigenvalue weighted by atomic mass is 16.2. The summed E-state index contributed by atoms with van der Waals surface area (Å²) >= 11 is 0. The Morgan fingerprint density at radius 3 is 2.79 bits per heavy atom. The van der Waals surface area contributed by atoms with Crippen molar-refractivity contribution in [3.63, 3.8) is 0 Å². The van der Waals surface area contributed by atoms with Crippen LogP contribution in [0.5, 0.6) is 0 Å². The van der Waals surface area contributed by atoms with E-state index in [-0.39, 0.29) is 5.91 Å². The second kappa shape index (κ2) is 5.46. The number of allylic oxidation sites excluding steroid dienone is 1. The molecule has 0 fully saturated rings. The first-order valence-corrected chi connectivity index (χ1v) is 5.19. The van der Waals surface area contributed by atoms with Crippen LogP contribution >= 0.6 is 0 Å². The van der Waals surface area contributed by atoms with Crippen LogP contribution in [0.15, 0.2) is 30.2 Å². The highest BCUT2D eigenvalue weighted by Gasteiger charge is 2.18. The first kappa shape index (κ1) is 10.8. The van der Waals surface area contributed by atoms with E-state index < -0.39 is 0 Å². The fourth-order valence-corrected chi connectivity index (χ4v) is 1.53. The van der Waals surface area contributed by atoms with E-state index in [0.29, 0.717) is 0 Å². The Balaban J connectivity index is 2.37. The van der Waals surface area contributed by atoms with Crippen molar-refractivity contribution in [2.75, 3.05) is 6.54 Å². The van der Waals surface area contributed by atoms with Gasteiger partial charge in [0.05, 0.1) is 5.70 Å². The summed E-state index contributed by atoms with van der Waals surface area (Å²) in [4.78, 5) is 13.1. The maximum atomic E-state index is 11.4. The Morgan fingerprint density at radius 2 is 2.14 bits per heavy atom. The fourth-order valence-electron chi connectivity index (χ4n) is 1.53. The van der Waals surface area contributed by atoms with Crippen LogP contribution in [0.1, 0.15) is 32.6 Å². The van der Waals surface area contributed by atoms with Gasteiger partial charge in [-0.1, -0.05) is 32.8 Å². The molecule has 76 valence electrons. The molecule has 0 aromatic heterocycles.